The lowest BCUT2D eigenvalue weighted by atomic mass is 9.83. The van der Waals surface area contributed by atoms with Crippen LogP contribution in [-0.4, -0.2) is 28.7 Å². The molecule has 0 aromatic heterocycles. The fraction of sp³-hybridized carbons (Fsp3) is 0.875. The van der Waals surface area contributed by atoms with E-state index in [0.29, 0.717) is 19.4 Å². The van der Waals surface area contributed by atoms with Crippen molar-refractivity contribution in [3.63, 3.8) is 0 Å². The molecule has 0 heterocycles. The molecule has 118 valence electrons. The standard InChI is InChI=1S/C16H31NO2S/c1-7-10-20-16(5,6)11-15(3,4)12-17-14(19)9-8-13(2)18/h7-12H2,1-6H3,(H,17,19). The first kappa shape index (κ1) is 19.5. The number of Topliss-reactive ketones (excluding diaryl/α,β-unsaturated/α-hetero) is 1. The summed E-state index contributed by atoms with van der Waals surface area (Å²) in [6.45, 7) is 13.3. The van der Waals surface area contributed by atoms with E-state index in [0.717, 1.165) is 6.42 Å². The average Bonchev–Trinajstić information content (AvgIpc) is 2.30. The molecule has 0 bridgehead atoms. The molecule has 0 aliphatic rings. The molecule has 0 aromatic rings. The molecule has 0 atom stereocenters. The van der Waals surface area contributed by atoms with Crippen molar-refractivity contribution in [3.8, 4) is 0 Å². The third-order valence-electron chi connectivity index (χ3n) is 3.07. The molecule has 0 fully saturated rings. The third-order valence-corrected chi connectivity index (χ3v) is 4.61. The SMILES string of the molecule is CCCSC(C)(C)CC(C)(C)CNC(=O)CCC(C)=O. The smallest absolute Gasteiger partial charge is 0.220 e. The molecule has 1 N–H and O–H groups in total. The predicted molar refractivity (Wildman–Crippen MR) is 88.2 cm³/mol. The molecule has 1 amide bonds. The van der Waals surface area contributed by atoms with E-state index in [2.05, 4.69) is 39.9 Å². The molecule has 0 aliphatic heterocycles. The Kier molecular flexibility index (Phi) is 8.48. The van der Waals surface area contributed by atoms with Crippen LogP contribution in [0.4, 0.5) is 0 Å². The van der Waals surface area contributed by atoms with Gasteiger partial charge in [-0.1, -0.05) is 34.6 Å². The highest BCUT2D eigenvalue weighted by atomic mass is 32.2. The highest BCUT2D eigenvalue weighted by Gasteiger charge is 2.29. The summed E-state index contributed by atoms with van der Waals surface area (Å²) in [4.78, 5) is 22.5. The van der Waals surface area contributed by atoms with Crippen molar-refractivity contribution in [1.82, 2.24) is 5.32 Å². The fourth-order valence-electron chi connectivity index (χ4n) is 2.36. The molecule has 0 rings (SSSR count). The molecule has 3 nitrogen and oxygen atoms in total. The number of nitrogens with one attached hydrogen (secondary N) is 1. The number of carbonyl (C=O) groups excluding carboxylic acids is 2. The Hall–Kier alpha value is -0.510. The maximum atomic E-state index is 11.7. The Bertz CT molecular complexity index is 324. The third kappa shape index (κ3) is 10.3. The van der Waals surface area contributed by atoms with Crippen molar-refractivity contribution in [2.75, 3.05) is 12.3 Å². The van der Waals surface area contributed by atoms with Gasteiger partial charge in [-0.3, -0.25) is 4.79 Å². The van der Waals surface area contributed by atoms with Crippen molar-refractivity contribution >= 4 is 23.5 Å². The van der Waals surface area contributed by atoms with Gasteiger partial charge in [0.15, 0.2) is 0 Å². The quantitative estimate of drug-likeness (QED) is 0.667. The van der Waals surface area contributed by atoms with E-state index < -0.39 is 0 Å². The summed E-state index contributed by atoms with van der Waals surface area (Å²) >= 11 is 2.00. The lowest BCUT2D eigenvalue weighted by molar-refractivity contribution is -0.125. The first-order valence-corrected chi connectivity index (χ1v) is 8.47. The molecule has 0 saturated carbocycles. The van der Waals surface area contributed by atoms with Gasteiger partial charge < -0.3 is 10.1 Å². The molecule has 0 unspecified atom stereocenters. The van der Waals surface area contributed by atoms with Crippen LogP contribution in [0.2, 0.25) is 0 Å². The molecule has 0 saturated heterocycles. The Morgan fingerprint density at radius 2 is 1.70 bits per heavy atom. The fourth-order valence-corrected chi connectivity index (χ4v) is 3.61. The van der Waals surface area contributed by atoms with Gasteiger partial charge >= 0.3 is 0 Å². The number of hydrogen-bond donors (Lipinski definition) is 1. The van der Waals surface area contributed by atoms with Crippen LogP contribution < -0.4 is 5.32 Å². The zero-order valence-electron chi connectivity index (χ0n) is 14.0. The number of hydrogen-bond acceptors (Lipinski definition) is 3. The van der Waals surface area contributed by atoms with Gasteiger partial charge in [-0.2, -0.15) is 11.8 Å². The van der Waals surface area contributed by atoms with Crippen molar-refractivity contribution in [1.29, 1.82) is 0 Å². The predicted octanol–water partition coefficient (Wildman–Crippen LogP) is 3.81. The van der Waals surface area contributed by atoms with Gasteiger partial charge in [-0.15, -0.1) is 0 Å². The lowest BCUT2D eigenvalue weighted by Gasteiger charge is -2.34. The zero-order chi connectivity index (χ0) is 15.8. The zero-order valence-corrected chi connectivity index (χ0v) is 14.8. The number of rotatable bonds is 10. The second-order valence-electron chi connectivity index (χ2n) is 6.93. The molecule has 0 aliphatic carbocycles. The second kappa shape index (κ2) is 8.71. The highest BCUT2D eigenvalue weighted by Crippen LogP contribution is 2.36. The van der Waals surface area contributed by atoms with E-state index in [9.17, 15) is 9.59 Å². The minimum atomic E-state index is -0.0210. The number of carbonyl (C=O) groups is 2. The first-order chi connectivity index (χ1) is 9.08. The monoisotopic (exact) mass is 301 g/mol. The van der Waals surface area contributed by atoms with Crippen LogP contribution in [0.5, 0.6) is 0 Å². The number of thioether (sulfide) groups is 1. The minimum Gasteiger partial charge on any atom is -0.356 e. The van der Waals surface area contributed by atoms with Gasteiger partial charge in [-0.05, 0) is 30.9 Å². The van der Waals surface area contributed by atoms with Gasteiger partial charge in [0.1, 0.15) is 5.78 Å². The summed E-state index contributed by atoms with van der Waals surface area (Å²) in [5, 5.41) is 2.96. The van der Waals surface area contributed by atoms with Crippen molar-refractivity contribution in [2.45, 2.75) is 72.0 Å². The average molecular weight is 301 g/mol. The number of amides is 1. The summed E-state index contributed by atoms with van der Waals surface area (Å²) in [5.41, 5.74) is 0.0656. The molecule has 20 heavy (non-hydrogen) atoms. The Morgan fingerprint density at radius 1 is 1.10 bits per heavy atom. The normalized spacial score (nSPS) is 12.3. The Balaban J connectivity index is 4.17. The Labute approximate surface area is 128 Å². The van der Waals surface area contributed by atoms with Gasteiger partial charge in [0.25, 0.3) is 0 Å². The van der Waals surface area contributed by atoms with Gasteiger partial charge in [-0.25, -0.2) is 0 Å². The summed E-state index contributed by atoms with van der Waals surface area (Å²) in [6, 6.07) is 0. The van der Waals surface area contributed by atoms with Gasteiger partial charge in [0.2, 0.25) is 5.91 Å². The van der Waals surface area contributed by atoms with E-state index in [1.165, 1.54) is 19.1 Å². The van der Waals surface area contributed by atoms with E-state index >= 15 is 0 Å². The topological polar surface area (TPSA) is 46.2 Å². The molecule has 4 heteroatoms. The Morgan fingerprint density at radius 3 is 2.20 bits per heavy atom. The van der Waals surface area contributed by atoms with Crippen molar-refractivity contribution in [3.05, 3.63) is 0 Å². The summed E-state index contributed by atoms with van der Waals surface area (Å²) in [7, 11) is 0. The number of ketones is 1. The summed E-state index contributed by atoms with van der Waals surface area (Å²) in [5.74, 6) is 1.22. The molecular weight excluding hydrogens is 270 g/mol. The van der Waals surface area contributed by atoms with Crippen molar-refractivity contribution in [2.24, 2.45) is 5.41 Å². The van der Waals surface area contributed by atoms with E-state index in [-0.39, 0.29) is 21.9 Å². The molecule has 0 aromatic carbocycles. The van der Waals surface area contributed by atoms with Crippen LogP contribution in [0.1, 0.15) is 67.2 Å². The maximum Gasteiger partial charge on any atom is 0.220 e. The minimum absolute atomic E-state index is 0.0210. The highest BCUT2D eigenvalue weighted by molar-refractivity contribution is 8.00. The van der Waals surface area contributed by atoms with Crippen molar-refractivity contribution < 1.29 is 9.59 Å². The van der Waals surface area contributed by atoms with Crippen LogP contribution >= 0.6 is 11.8 Å². The van der Waals surface area contributed by atoms with Crippen LogP contribution in [0.15, 0.2) is 0 Å². The first-order valence-electron chi connectivity index (χ1n) is 7.48. The largest absolute Gasteiger partial charge is 0.356 e. The van der Waals surface area contributed by atoms with Crippen LogP contribution in [-0.2, 0) is 9.59 Å². The lowest BCUT2D eigenvalue weighted by Crippen LogP contribution is -2.37. The van der Waals surface area contributed by atoms with Crippen LogP contribution in [0.3, 0.4) is 0 Å². The summed E-state index contributed by atoms with van der Waals surface area (Å²) < 4.78 is 0.226. The van der Waals surface area contributed by atoms with E-state index in [1.54, 1.807) is 0 Å². The van der Waals surface area contributed by atoms with Crippen LogP contribution in [0.25, 0.3) is 0 Å². The molecule has 0 radical (unpaired) electrons. The molecular formula is C16H31NO2S. The second-order valence-corrected chi connectivity index (χ2v) is 8.73. The summed E-state index contributed by atoms with van der Waals surface area (Å²) in [6.07, 6.45) is 2.89. The van der Waals surface area contributed by atoms with E-state index in [4.69, 9.17) is 0 Å². The molecule has 0 spiro atoms. The van der Waals surface area contributed by atoms with Gasteiger partial charge in [0.05, 0.1) is 0 Å². The van der Waals surface area contributed by atoms with E-state index in [1.807, 2.05) is 11.8 Å². The van der Waals surface area contributed by atoms with Crippen LogP contribution in [0, 0.1) is 5.41 Å². The van der Waals surface area contributed by atoms with Gasteiger partial charge in [0, 0.05) is 24.1 Å². The maximum absolute atomic E-state index is 11.7.